The number of carbonyl (C=O) groups is 3. The van der Waals surface area contributed by atoms with E-state index in [0.29, 0.717) is 49.2 Å². The second-order valence-electron chi connectivity index (χ2n) is 12.5. The lowest BCUT2D eigenvalue weighted by Crippen LogP contribution is -2.45. The summed E-state index contributed by atoms with van der Waals surface area (Å²) in [6.07, 6.45) is 1.98. The summed E-state index contributed by atoms with van der Waals surface area (Å²) in [4.78, 5) is 41.8. The highest BCUT2D eigenvalue weighted by molar-refractivity contribution is 6.08. The summed E-state index contributed by atoms with van der Waals surface area (Å²) in [5.74, 6) is -0.695. The van der Waals surface area contributed by atoms with Gasteiger partial charge >= 0.3 is 5.97 Å². The molecule has 2 aromatic carbocycles. The number of allylic oxidation sites excluding steroid dienone is 4. The number of ether oxygens (including phenoxy) is 1. The molecule has 1 heterocycles. The van der Waals surface area contributed by atoms with Crippen LogP contribution in [-0.4, -0.2) is 40.7 Å². The molecule has 200 valence electrons. The van der Waals surface area contributed by atoms with Crippen LogP contribution in [0.2, 0.25) is 0 Å². The van der Waals surface area contributed by atoms with Crippen molar-refractivity contribution in [3.8, 4) is 5.75 Å². The van der Waals surface area contributed by atoms with Crippen LogP contribution in [0.3, 0.4) is 0 Å². The molecule has 5 rings (SSSR count). The lowest BCUT2D eigenvalue weighted by molar-refractivity contribution is -0.137. The number of hydrogen-bond acceptors (Lipinski definition) is 5. The van der Waals surface area contributed by atoms with Gasteiger partial charge in [-0.2, -0.15) is 0 Å². The van der Waals surface area contributed by atoms with Crippen LogP contribution < -0.4 is 4.74 Å². The Balaban J connectivity index is 1.86. The van der Waals surface area contributed by atoms with E-state index in [9.17, 15) is 19.5 Å². The van der Waals surface area contributed by atoms with Gasteiger partial charge in [-0.3, -0.25) is 14.4 Å². The number of nitrogens with zero attached hydrogens (tertiary/aromatic N) is 1. The van der Waals surface area contributed by atoms with Crippen molar-refractivity contribution >= 4 is 28.3 Å². The SMILES string of the molecule is CCOc1ccc2ccccc2c1C1C2=C(CC(C)(C)CC2=O)N(CCC(=O)O)C2=C1C(=O)CC(C)(C)C2. The topological polar surface area (TPSA) is 83.9 Å². The lowest BCUT2D eigenvalue weighted by Gasteiger charge is -2.49. The molecule has 6 heteroatoms. The third-order valence-electron chi connectivity index (χ3n) is 8.09. The first-order valence-corrected chi connectivity index (χ1v) is 13.6. The average Bonchev–Trinajstić information content (AvgIpc) is 2.81. The molecular weight excluding hydrogens is 478 g/mol. The first kappa shape index (κ1) is 26.2. The minimum absolute atomic E-state index is 0.0288. The van der Waals surface area contributed by atoms with Gasteiger partial charge in [-0.1, -0.05) is 58.0 Å². The quantitative estimate of drug-likeness (QED) is 0.479. The number of Topliss-reactive ketones (excluding diaryl/α,β-unsaturated/α-hetero) is 2. The molecule has 0 bridgehead atoms. The number of carboxylic acid groups (broad SMARTS) is 1. The molecular formula is C32H37NO5. The fourth-order valence-corrected chi connectivity index (χ4v) is 6.67. The van der Waals surface area contributed by atoms with Gasteiger partial charge in [-0.15, -0.1) is 0 Å². The lowest BCUT2D eigenvalue weighted by atomic mass is 9.63. The van der Waals surface area contributed by atoms with Gasteiger partial charge in [-0.25, -0.2) is 0 Å². The van der Waals surface area contributed by atoms with Crippen molar-refractivity contribution in [2.75, 3.05) is 13.2 Å². The molecule has 38 heavy (non-hydrogen) atoms. The van der Waals surface area contributed by atoms with Crippen molar-refractivity contribution in [1.29, 1.82) is 0 Å². The van der Waals surface area contributed by atoms with Gasteiger partial charge in [0.1, 0.15) is 5.75 Å². The third-order valence-corrected chi connectivity index (χ3v) is 8.09. The number of carboxylic acids is 1. The Labute approximate surface area is 224 Å². The van der Waals surface area contributed by atoms with Crippen LogP contribution in [-0.2, 0) is 14.4 Å². The second-order valence-corrected chi connectivity index (χ2v) is 12.5. The van der Waals surface area contributed by atoms with Crippen LogP contribution in [0.1, 0.15) is 78.2 Å². The molecule has 0 saturated carbocycles. The summed E-state index contributed by atoms with van der Waals surface area (Å²) < 4.78 is 6.16. The highest BCUT2D eigenvalue weighted by Gasteiger charge is 2.49. The number of rotatable bonds is 6. The molecule has 0 unspecified atom stereocenters. The summed E-state index contributed by atoms with van der Waals surface area (Å²) in [6, 6.07) is 12.0. The van der Waals surface area contributed by atoms with E-state index in [0.717, 1.165) is 27.7 Å². The highest BCUT2D eigenvalue weighted by Crippen LogP contribution is 2.56. The summed E-state index contributed by atoms with van der Waals surface area (Å²) in [5, 5.41) is 11.6. The fourth-order valence-electron chi connectivity index (χ4n) is 6.67. The van der Waals surface area contributed by atoms with Gasteiger partial charge in [-0.05, 0) is 47.4 Å². The van der Waals surface area contributed by atoms with Crippen molar-refractivity contribution < 1.29 is 24.2 Å². The number of hydrogen-bond donors (Lipinski definition) is 1. The minimum atomic E-state index is -0.896. The van der Waals surface area contributed by atoms with Gasteiger partial charge in [0.2, 0.25) is 0 Å². The molecule has 1 N–H and O–H groups in total. The maximum atomic E-state index is 14.0. The predicted octanol–water partition coefficient (Wildman–Crippen LogP) is 6.40. The Bertz CT molecular complexity index is 1360. The van der Waals surface area contributed by atoms with E-state index in [1.54, 1.807) is 0 Å². The van der Waals surface area contributed by atoms with Gasteiger partial charge in [0.15, 0.2) is 11.6 Å². The van der Waals surface area contributed by atoms with Crippen LogP contribution in [0.4, 0.5) is 0 Å². The number of benzene rings is 2. The summed E-state index contributed by atoms with van der Waals surface area (Å²) in [6.45, 7) is 11.0. The maximum Gasteiger partial charge on any atom is 0.305 e. The molecule has 0 fully saturated rings. The largest absolute Gasteiger partial charge is 0.494 e. The van der Waals surface area contributed by atoms with Crippen molar-refractivity contribution in [1.82, 2.24) is 4.90 Å². The normalized spacial score (nSPS) is 21.0. The minimum Gasteiger partial charge on any atom is -0.494 e. The molecule has 0 radical (unpaired) electrons. The van der Waals surface area contributed by atoms with Crippen LogP contribution >= 0.6 is 0 Å². The number of fused-ring (bicyclic) bond motifs is 1. The Morgan fingerprint density at radius 1 is 0.921 bits per heavy atom. The van der Waals surface area contributed by atoms with Crippen LogP contribution in [0, 0.1) is 10.8 Å². The van der Waals surface area contributed by atoms with Gasteiger partial charge in [0, 0.05) is 53.4 Å². The smallest absolute Gasteiger partial charge is 0.305 e. The molecule has 3 aliphatic rings. The van der Waals surface area contributed by atoms with E-state index in [-0.39, 0.29) is 35.4 Å². The van der Waals surface area contributed by atoms with Crippen LogP contribution in [0.5, 0.6) is 5.75 Å². The van der Waals surface area contributed by atoms with Crippen molar-refractivity contribution in [2.24, 2.45) is 10.8 Å². The van der Waals surface area contributed by atoms with E-state index in [2.05, 4.69) is 27.7 Å². The van der Waals surface area contributed by atoms with Crippen LogP contribution in [0.25, 0.3) is 10.8 Å². The fraction of sp³-hybridized carbons (Fsp3) is 0.469. The molecule has 0 amide bonds. The molecule has 2 aliphatic carbocycles. The molecule has 0 atom stereocenters. The summed E-state index contributed by atoms with van der Waals surface area (Å²) >= 11 is 0. The summed E-state index contributed by atoms with van der Waals surface area (Å²) in [5.41, 5.74) is 3.35. The van der Waals surface area contributed by atoms with E-state index in [1.807, 2.05) is 48.2 Å². The average molecular weight is 516 g/mol. The van der Waals surface area contributed by atoms with Gasteiger partial charge < -0.3 is 14.7 Å². The molecule has 6 nitrogen and oxygen atoms in total. The second kappa shape index (κ2) is 9.40. The van der Waals surface area contributed by atoms with Gasteiger partial charge in [0.25, 0.3) is 0 Å². The van der Waals surface area contributed by atoms with Crippen LogP contribution in [0.15, 0.2) is 58.9 Å². The third kappa shape index (κ3) is 4.55. The van der Waals surface area contributed by atoms with Crippen molar-refractivity contribution in [2.45, 2.75) is 72.6 Å². The van der Waals surface area contributed by atoms with E-state index in [4.69, 9.17) is 4.74 Å². The molecule has 0 saturated heterocycles. The van der Waals surface area contributed by atoms with E-state index < -0.39 is 11.9 Å². The number of carbonyl (C=O) groups excluding carboxylic acids is 2. The van der Waals surface area contributed by atoms with Crippen molar-refractivity contribution in [3.05, 3.63) is 64.5 Å². The Kier molecular flexibility index (Phi) is 6.49. The first-order chi connectivity index (χ1) is 17.9. The van der Waals surface area contributed by atoms with E-state index >= 15 is 0 Å². The Morgan fingerprint density at radius 3 is 2.05 bits per heavy atom. The maximum absolute atomic E-state index is 14.0. The first-order valence-electron chi connectivity index (χ1n) is 13.6. The zero-order chi connectivity index (χ0) is 27.4. The zero-order valence-electron chi connectivity index (χ0n) is 23.0. The Hall–Kier alpha value is -3.41. The highest BCUT2D eigenvalue weighted by atomic mass is 16.5. The Morgan fingerprint density at radius 2 is 1.50 bits per heavy atom. The molecule has 1 aliphatic heterocycles. The zero-order valence-corrected chi connectivity index (χ0v) is 23.0. The standard InChI is InChI=1S/C32H37NO5/c1-6-38-25-12-11-19-9-7-8-10-20(19)27(25)30-28-21(15-31(2,3)17-23(28)34)33(14-13-26(36)37)22-16-32(4,5)18-24(35)29(22)30/h7-12,30H,6,13-18H2,1-5H3,(H,36,37). The van der Waals surface area contributed by atoms with Crippen molar-refractivity contribution in [3.63, 3.8) is 0 Å². The molecule has 0 aromatic heterocycles. The van der Waals surface area contributed by atoms with E-state index in [1.165, 1.54) is 0 Å². The molecule has 0 spiro atoms. The predicted molar refractivity (Wildman–Crippen MR) is 147 cm³/mol. The summed E-state index contributed by atoms with van der Waals surface area (Å²) in [7, 11) is 0. The van der Waals surface area contributed by atoms with Gasteiger partial charge in [0.05, 0.1) is 13.0 Å². The number of ketones is 2. The monoisotopic (exact) mass is 515 g/mol. The number of aliphatic carboxylic acids is 1. The molecule has 2 aromatic rings.